The van der Waals surface area contributed by atoms with E-state index in [1.54, 1.807) is 0 Å². The van der Waals surface area contributed by atoms with Gasteiger partial charge in [-0.25, -0.2) is 0 Å². The van der Waals surface area contributed by atoms with Gasteiger partial charge in [0, 0.05) is 12.8 Å². The topological polar surface area (TPSA) is 95.9 Å². The van der Waals surface area contributed by atoms with E-state index in [2.05, 4.69) is 55.6 Å². The first-order valence-electron chi connectivity index (χ1n) is 37.7. The number of rotatable bonds is 71. The highest BCUT2D eigenvalue weighted by Crippen LogP contribution is 2.19. The first kappa shape index (κ1) is 81.1. The summed E-state index contributed by atoms with van der Waals surface area (Å²) >= 11 is 0. The normalized spacial score (nSPS) is 12.7. The number of unbranched alkanes of at least 4 members (excludes halogenated alkanes) is 54. The molecule has 0 fully saturated rings. The maximum Gasteiger partial charge on any atom is 0.305 e. The van der Waals surface area contributed by atoms with Gasteiger partial charge in [0.15, 0.2) is 0 Å². The summed E-state index contributed by atoms with van der Waals surface area (Å²) < 4.78 is 5.48. The molecule has 0 heterocycles. The van der Waals surface area contributed by atoms with Crippen LogP contribution in [0.4, 0.5) is 0 Å². The van der Waals surface area contributed by atoms with E-state index in [1.807, 2.05) is 0 Å². The van der Waals surface area contributed by atoms with Crippen molar-refractivity contribution < 1.29 is 24.5 Å². The first-order valence-corrected chi connectivity index (χ1v) is 37.7. The van der Waals surface area contributed by atoms with Crippen molar-refractivity contribution in [1.82, 2.24) is 5.32 Å². The summed E-state index contributed by atoms with van der Waals surface area (Å²) in [7, 11) is 0. The second kappa shape index (κ2) is 72.6. The third-order valence-electron chi connectivity index (χ3n) is 17.6. The molecule has 0 bridgehead atoms. The molecule has 6 heteroatoms. The zero-order valence-corrected chi connectivity index (χ0v) is 56.2. The van der Waals surface area contributed by atoms with Gasteiger partial charge in [-0.3, -0.25) is 9.59 Å². The molecule has 1 amide bonds. The summed E-state index contributed by atoms with van der Waals surface area (Å²) in [6.45, 7) is 4.92. The predicted octanol–water partition coefficient (Wildman–Crippen LogP) is 24.7. The third kappa shape index (κ3) is 69.1. The number of carbonyl (C=O) groups excluding carboxylic acids is 2. The summed E-state index contributed by atoms with van der Waals surface area (Å²) in [6.07, 6.45) is 93.6. The van der Waals surface area contributed by atoms with Gasteiger partial charge in [0.25, 0.3) is 0 Å². The Kier molecular flexibility index (Phi) is 70.9. The van der Waals surface area contributed by atoms with Gasteiger partial charge in [0.05, 0.1) is 25.4 Å². The lowest BCUT2D eigenvalue weighted by molar-refractivity contribution is -0.143. The fourth-order valence-corrected chi connectivity index (χ4v) is 11.9. The number of aliphatic hydroxyl groups is 2. The summed E-state index contributed by atoms with van der Waals surface area (Å²) in [4.78, 5) is 24.6. The van der Waals surface area contributed by atoms with Crippen molar-refractivity contribution in [2.45, 2.75) is 431 Å². The summed E-state index contributed by atoms with van der Waals surface area (Å²) in [6, 6.07) is -0.542. The minimum Gasteiger partial charge on any atom is -0.466 e. The van der Waals surface area contributed by atoms with Crippen molar-refractivity contribution in [3.63, 3.8) is 0 Å². The molecule has 0 aliphatic carbocycles. The van der Waals surface area contributed by atoms with Crippen LogP contribution in [0.2, 0.25) is 0 Å². The Hall–Kier alpha value is -1.92. The maximum absolute atomic E-state index is 12.6. The van der Waals surface area contributed by atoms with Gasteiger partial charge < -0.3 is 20.3 Å². The zero-order chi connectivity index (χ0) is 59.9. The van der Waals surface area contributed by atoms with Crippen molar-refractivity contribution in [3.8, 4) is 0 Å². The quantitative estimate of drug-likeness (QED) is 0.0320. The molecule has 0 radical (unpaired) electrons. The van der Waals surface area contributed by atoms with Crippen molar-refractivity contribution in [2.75, 3.05) is 13.2 Å². The SMILES string of the molecule is CCC/C=C\C/C=C\CCCCCCCC(=O)OCCCCCCCCCCCCCC/C=C\CCCCCCCCCCCCCCCCC(=O)NC(CO)C(O)CCCCCCCCCCCCCCCCCCCCCCCCC. The van der Waals surface area contributed by atoms with Crippen LogP contribution in [-0.2, 0) is 14.3 Å². The lowest BCUT2D eigenvalue weighted by atomic mass is 10.0. The van der Waals surface area contributed by atoms with Gasteiger partial charge in [0.1, 0.15) is 0 Å². The monoisotopic (exact) mass is 1170 g/mol. The van der Waals surface area contributed by atoms with Crippen molar-refractivity contribution >= 4 is 11.9 Å². The molecule has 490 valence electrons. The Morgan fingerprint density at radius 2 is 0.627 bits per heavy atom. The molecule has 2 atom stereocenters. The Balaban J connectivity index is 3.37. The number of esters is 1. The van der Waals surface area contributed by atoms with E-state index in [9.17, 15) is 19.8 Å². The lowest BCUT2D eigenvalue weighted by Gasteiger charge is -2.22. The van der Waals surface area contributed by atoms with Crippen molar-refractivity contribution in [3.05, 3.63) is 36.5 Å². The van der Waals surface area contributed by atoms with Crippen molar-refractivity contribution in [2.24, 2.45) is 0 Å². The molecule has 0 aliphatic heterocycles. The molecule has 0 aromatic carbocycles. The zero-order valence-electron chi connectivity index (χ0n) is 56.2. The van der Waals surface area contributed by atoms with Crippen LogP contribution in [-0.4, -0.2) is 47.4 Å². The minimum atomic E-state index is -0.665. The van der Waals surface area contributed by atoms with Gasteiger partial charge >= 0.3 is 5.97 Å². The van der Waals surface area contributed by atoms with Gasteiger partial charge in [-0.05, 0) is 77.0 Å². The molecule has 0 rings (SSSR count). The van der Waals surface area contributed by atoms with Gasteiger partial charge in [0.2, 0.25) is 5.91 Å². The van der Waals surface area contributed by atoms with Crippen LogP contribution in [0.5, 0.6) is 0 Å². The van der Waals surface area contributed by atoms with E-state index in [-0.39, 0.29) is 18.5 Å². The Morgan fingerprint density at radius 1 is 0.337 bits per heavy atom. The molecule has 2 unspecified atom stereocenters. The lowest BCUT2D eigenvalue weighted by Crippen LogP contribution is -2.45. The molecular weight excluding hydrogens is 1020 g/mol. The second-order valence-electron chi connectivity index (χ2n) is 26.0. The largest absolute Gasteiger partial charge is 0.466 e. The minimum absolute atomic E-state index is 0.00226. The van der Waals surface area contributed by atoms with Crippen LogP contribution in [0.3, 0.4) is 0 Å². The van der Waals surface area contributed by atoms with E-state index < -0.39 is 12.1 Å². The first-order chi connectivity index (χ1) is 41.0. The molecule has 0 aromatic heterocycles. The molecule has 83 heavy (non-hydrogen) atoms. The average Bonchev–Trinajstić information content (AvgIpc) is 3.48. The predicted molar refractivity (Wildman–Crippen MR) is 366 cm³/mol. The van der Waals surface area contributed by atoms with Crippen LogP contribution in [0, 0.1) is 0 Å². The molecule has 3 N–H and O–H groups in total. The fraction of sp³-hybridized carbons (Fsp3) is 0.896. The summed E-state index contributed by atoms with van der Waals surface area (Å²) in [5.41, 5.74) is 0. The molecule has 0 saturated carbocycles. The van der Waals surface area contributed by atoms with Crippen molar-refractivity contribution in [1.29, 1.82) is 0 Å². The van der Waals surface area contributed by atoms with Gasteiger partial charge in [-0.1, -0.05) is 365 Å². The van der Waals surface area contributed by atoms with E-state index in [0.29, 0.717) is 25.9 Å². The highest BCUT2D eigenvalue weighted by molar-refractivity contribution is 5.76. The number of carbonyl (C=O) groups is 2. The van der Waals surface area contributed by atoms with Crippen LogP contribution < -0.4 is 5.32 Å². The van der Waals surface area contributed by atoms with Crippen LogP contribution in [0.25, 0.3) is 0 Å². The van der Waals surface area contributed by atoms with Crippen LogP contribution in [0.15, 0.2) is 36.5 Å². The number of hydrogen-bond donors (Lipinski definition) is 3. The van der Waals surface area contributed by atoms with E-state index in [4.69, 9.17) is 4.74 Å². The van der Waals surface area contributed by atoms with E-state index >= 15 is 0 Å². The fourth-order valence-electron chi connectivity index (χ4n) is 11.9. The van der Waals surface area contributed by atoms with Gasteiger partial charge in [-0.15, -0.1) is 0 Å². The molecule has 0 saturated heterocycles. The third-order valence-corrected chi connectivity index (χ3v) is 17.6. The Bertz CT molecular complexity index is 1340. The average molecular weight is 1170 g/mol. The number of aliphatic hydroxyl groups excluding tert-OH is 2. The Morgan fingerprint density at radius 3 is 0.976 bits per heavy atom. The molecule has 0 spiro atoms. The van der Waals surface area contributed by atoms with E-state index in [0.717, 1.165) is 51.4 Å². The smallest absolute Gasteiger partial charge is 0.305 e. The van der Waals surface area contributed by atoms with E-state index in [1.165, 1.54) is 334 Å². The molecular formula is C77H147NO5. The van der Waals surface area contributed by atoms with Crippen LogP contribution >= 0.6 is 0 Å². The van der Waals surface area contributed by atoms with Gasteiger partial charge in [-0.2, -0.15) is 0 Å². The number of ether oxygens (including phenoxy) is 1. The highest BCUT2D eigenvalue weighted by atomic mass is 16.5. The molecule has 0 aliphatic rings. The number of hydrogen-bond acceptors (Lipinski definition) is 5. The standard InChI is InChI=1S/C77H147NO5/c1-3-5-7-9-11-13-15-17-18-19-20-21-30-33-36-39-42-46-49-53-57-61-65-69-75(80)74(73-79)78-76(81)70-66-62-58-54-50-47-43-40-37-34-31-28-26-24-22-23-25-27-29-32-35-38-41-44-48-52-56-60-64-68-72-83-77(82)71-67-63-59-55-51-45-16-14-12-10-8-6-4-2/h8,10,14,16,23,25,74-75,79-80H,3-7,9,11-13,15,17-22,24,26-73H2,1-2H3,(H,78,81)/b10-8-,16-14-,25-23-. The summed E-state index contributed by atoms with van der Waals surface area (Å²) in [5, 5.41) is 23.5. The molecule has 0 aromatic rings. The molecule has 6 nitrogen and oxygen atoms in total. The number of amides is 1. The number of allylic oxidation sites excluding steroid dienone is 6. The Labute approximate surface area is 519 Å². The summed E-state index contributed by atoms with van der Waals surface area (Å²) in [5.74, 6) is -0.0264. The maximum atomic E-state index is 12.6. The number of nitrogens with one attached hydrogen (secondary N) is 1. The van der Waals surface area contributed by atoms with Crippen LogP contribution in [0.1, 0.15) is 418 Å². The second-order valence-corrected chi connectivity index (χ2v) is 26.0. The highest BCUT2D eigenvalue weighted by Gasteiger charge is 2.20.